The molecule has 80 valence electrons. The Bertz CT molecular complexity index is 599. The molecule has 0 spiro atoms. The number of aromatic nitrogens is 1. The van der Waals surface area contributed by atoms with Crippen LogP contribution in [0.2, 0.25) is 0 Å². The van der Waals surface area contributed by atoms with E-state index in [9.17, 15) is 8.42 Å². The molecule has 0 saturated heterocycles. The smallest absolute Gasteiger partial charge is 0.229 e. The molecule has 5 heteroatoms. The molecule has 2 aromatic rings. The van der Waals surface area contributed by atoms with Gasteiger partial charge >= 0.3 is 0 Å². The van der Waals surface area contributed by atoms with Crippen molar-refractivity contribution < 1.29 is 8.42 Å². The fraction of sp³-hybridized carbons (Fsp3) is 0.200. The number of aryl methyl sites for hydroxylation is 1. The van der Waals surface area contributed by atoms with Crippen molar-refractivity contribution in [2.75, 3.05) is 11.0 Å². The summed E-state index contributed by atoms with van der Waals surface area (Å²) in [6.07, 6.45) is 3.08. The number of fused-ring (bicyclic) bond motifs is 1. The van der Waals surface area contributed by atoms with Gasteiger partial charge in [-0.3, -0.25) is 4.72 Å². The molecular weight excluding hydrogens is 212 g/mol. The van der Waals surface area contributed by atoms with Crippen LogP contribution in [0.3, 0.4) is 0 Å². The lowest BCUT2D eigenvalue weighted by atomic mass is 10.2. The molecule has 1 heterocycles. The van der Waals surface area contributed by atoms with E-state index in [0.717, 1.165) is 17.2 Å². The van der Waals surface area contributed by atoms with E-state index in [1.54, 1.807) is 6.07 Å². The monoisotopic (exact) mass is 224 g/mol. The molecule has 0 aliphatic heterocycles. The lowest BCUT2D eigenvalue weighted by Gasteiger charge is -2.04. The Morgan fingerprint density at radius 2 is 2.00 bits per heavy atom. The Morgan fingerprint density at radius 1 is 1.27 bits per heavy atom. The lowest BCUT2D eigenvalue weighted by molar-refractivity contribution is 0.607. The van der Waals surface area contributed by atoms with Crippen molar-refractivity contribution in [2.45, 2.75) is 0 Å². The van der Waals surface area contributed by atoms with Gasteiger partial charge in [0.05, 0.1) is 11.9 Å². The van der Waals surface area contributed by atoms with Gasteiger partial charge in [0.2, 0.25) is 10.0 Å². The Labute approximate surface area is 88.6 Å². The van der Waals surface area contributed by atoms with Gasteiger partial charge in [0.1, 0.15) is 0 Å². The molecule has 1 aromatic carbocycles. The van der Waals surface area contributed by atoms with Crippen molar-refractivity contribution in [2.24, 2.45) is 7.05 Å². The molecule has 0 fully saturated rings. The average Bonchev–Trinajstić information content (AvgIpc) is 2.45. The summed E-state index contributed by atoms with van der Waals surface area (Å²) in [5.74, 6) is 0. The van der Waals surface area contributed by atoms with Crippen LogP contribution >= 0.6 is 0 Å². The third-order valence-electron chi connectivity index (χ3n) is 2.19. The summed E-state index contributed by atoms with van der Waals surface area (Å²) in [6, 6.07) is 7.45. The Kier molecular flexibility index (Phi) is 2.19. The SMILES string of the molecule is Cn1ccc2ccc(NS(C)(=O)=O)cc21. The normalized spacial score (nSPS) is 11.9. The lowest BCUT2D eigenvalue weighted by Crippen LogP contribution is -2.09. The molecule has 0 bridgehead atoms. The first kappa shape index (κ1) is 10.0. The van der Waals surface area contributed by atoms with Crippen molar-refractivity contribution in [3.63, 3.8) is 0 Å². The third-order valence-corrected chi connectivity index (χ3v) is 2.80. The van der Waals surface area contributed by atoms with Crippen LogP contribution in [0.4, 0.5) is 5.69 Å². The van der Waals surface area contributed by atoms with Crippen LogP contribution in [0.15, 0.2) is 30.5 Å². The van der Waals surface area contributed by atoms with Gasteiger partial charge in [-0.15, -0.1) is 0 Å². The highest BCUT2D eigenvalue weighted by Gasteiger charge is 2.03. The summed E-state index contributed by atoms with van der Waals surface area (Å²) in [7, 11) is -1.28. The second kappa shape index (κ2) is 3.27. The Balaban J connectivity index is 2.51. The van der Waals surface area contributed by atoms with Crippen LogP contribution in [0.25, 0.3) is 10.9 Å². The molecule has 0 aliphatic carbocycles. The summed E-state index contributed by atoms with van der Waals surface area (Å²) < 4.78 is 26.5. The van der Waals surface area contributed by atoms with Crippen molar-refractivity contribution >= 4 is 26.6 Å². The van der Waals surface area contributed by atoms with E-state index in [2.05, 4.69) is 4.72 Å². The van der Waals surface area contributed by atoms with E-state index in [4.69, 9.17) is 0 Å². The van der Waals surface area contributed by atoms with Crippen molar-refractivity contribution in [1.82, 2.24) is 4.57 Å². The molecule has 1 N–H and O–H groups in total. The predicted octanol–water partition coefficient (Wildman–Crippen LogP) is 1.55. The summed E-state index contributed by atoms with van der Waals surface area (Å²) in [5, 5.41) is 1.09. The zero-order valence-electron chi connectivity index (χ0n) is 8.56. The number of hydrogen-bond acceptors (Lipinski definition) is 2. The molecule has 0 aliphatic rings. The topological polar surface area (TPSA) is 51.1 Å². The maximum absolute atomic E-state index is 11.0. The molecule has 0 radical (unpaired) electrons. The van der Waals surface area contributed by atoms with E-state index in [1.165, 1.54) is 0 Å². The first-order chi connectivity index (χ1) is 6.96. The van der Waals surface area contributed by atoms with Crippen molar-refractivity contribution in [1.29, 1.82) is 0 Å². The highest BCUT2D eigenvalue weighted by atomic mass is 32.2. The van der Waals surface area contributed by atoms with Gasteiger partial charge in [0, 0.05) is 18.8 Å². The summed E-state index contributed by atoms with van der Waals surface area (Å²) in [4.78, 5) is 0. The summed E-state index contributed by atoms with van der Waals surface area (Å²) in [6.45, 7) is 0. The number of nitrogens with zero attached hydrogens (tertiary/aromatic N) is 1. The Morgan fingerprint density at radius 3 is 2.67 bits per heavy atom. The van der Waals surface area contributed by atoms with Crippen LogP contribution in [0.5, 0.6) is 0 Å². The van der Waals surface area contributed by atoms with E-state index >= 15 is 0 Å². The third kappa shape index (κ3) is 2.12. The molecule has 0 atom stereocenters. The van der Waals surface area contributed by atoms with Crippen LogP contribution in [-0.2, 0) is 17.1 Å². The van der Waals surface area contributed by atoms with E-state index < -0.39 is 10.0 Å². The zero-order chi connectivity index (χ0) is 11.1. The van der Waals surface area contributed by atoms with Gasteiger partial charge in [0.15, 0.2) is 0 Å². The second-order valence-electron chi connectivity index (χ2n) is 3.57. The minimum atomic E-state index is -3.20. The Hall–Kier alpha value is -1.49. The number of benzene rings is 1. The van der Waals surface area contributed by atoms with Crippen LogP contribution in [0.1, 0.15) is 0 Å². The predicted molar refractivity (Wildman–Crippen MR) is 61.4 cm³/mol. The van der Waals surface area contributed by atoms with Crippen LogP contribution < -0.4 is 4.72 Å². The first-order valence-corrected chi connectivity index (χ1v) is 6.38. The average molecular weight is 224 g/mol. The van der Waals surface area contributed by atoms with E-state index in [0.29, 0.717) is 5.69 Å². The fourth-order valence-corrected chi connectivity index (χ4v) is 2.10. The van der Waals surface area contributed by atoms with Gasteiger partial charge in [-0.25, -0.2) is 8.42 Å². The van der Waals surface area contributed by atoms with Gasteiger partial charge < -0.3 is 4.57 Å². The molecule has 4 nitrogen and oxygen atoms in total. The molecule has 0 unspecified atom stereocenters. The molecule has 2 rings (SSSR count). The van der Waals surface area contributed by atoms with Crippen LogP contribution in [0, 0.1) is 0 Å². The standard InChI is InChI=1S/C10H12N2O2S/c1-12-6-5-8-3-4-9(7-10(8)12)11-15(2,13)14/h3-7,11H,1-2H3. The molecule has 0 saturated carbocycles. The molecule has 1 aromatic heterocycles. The van der Waals surface area contributed by atoms with E-state index in [-0.39, 0.29) is 0 Å². The number of hydrogen-bond donors (Lipinski definition) is 1. The summed E-state index contributed by atoms with van der Waals surface area (Å²) in [5.41, 5.74) is 1.59. The minimum absolute atomic E-state index is 0.590. The number of nitrogens with one attached hydrogen (secondary N) is 1. The maximum Gasteiger partial charge on any atom is 0.229 e. The maximum atomic E-state index is 11.0. The van der Waals surface area contributed by atoms with E-state index in [1.807, 2.05) is 36.0 Å². The summed E-state index contributed by atoms with van der Waals surface area (Å²) >= 11 is 0. The molecule has 15 heavy (non-hydrogen) atoms. The second-order valence-corrected chi connectivity index (χ2v) is 5.32. The fourth-order valence-electron chi connectivity index (χ4n) is 1.54. The van der Waals surface area contributed by atoms with Gasteiger partial charge in [-0.2, -0.15) is 0 Å². The quantitative estimate of drug-likeness (QED) is 0.841. The highest BCUT2D eigenvalue weighted by Crippen LogP contribution is 2.20. The number of sulfonamides is 1. The molecular formula is C10H12N2O2S. The van der Waals surface area contributed by atoms with Crippen molar-refractivity contribution in [3.8, 4) is 0 Å². The number of rotatable bonds is 2. The first-order valence-electron chi connectivity index (χ1n) is 4.48. The van der Waals surface area contributed by atoms with Crippen LogP contribution in [-0.4, -0.2) is 19.2 Å². The largest absolute Gasteiger partial charge is 0.350 e. The van der Waals surface area contributed by atoms with Gasteiger partial charge in [0.25, 0.3) is 0 Å². The minimum Gasteiger partial charge on any atom is -0.350 e. The number of anilines is 1. The van der Waals surface area contributed by atoms with Crippen molar-refractivity contribution in [3.05, 3.63) is 30.5 Å². The zero-order valence-corrected chi connectivity index (χ0v) is 9.38. The van der Waals surface area contributed by atoms with Gasteiger partial charge in [-0.1, -0.05) is 6.07 Å². The highest BCUT2D eigenvalue weighted by molar-refractivity contribution is 7.92. The van der Waals surface area contributed by atoms with Gasteiger partial charge in [-0.05, 0) is 23.6 Å². The molecule has 0 amide bonds.